The fourth-order valence-electron chi connectivity index (χ4n) is 2.47. The van der Waals surface area contributed by atoms with Crippen LogP contribution in [0.1, 0.15) is 34.3 Å². The second-order valence-electron chi connectivity index (χ2n) is 4.98. The molecule has 0 aromatic heterocycles. The van der Waals surface area contributed by atoms with Gasteiger partial charge in [0.1, 0.15) is 18.2 Å². The van der Waals surface area contributed by atoms with E-state index in [1.165, 1.54) is 6.07 Å². The third-order valence-electron chi connectivity index (χ3n) is 3.58. The van der Waals surface area contributed by atoms with Crippen LogP contribution in [-0.2, 0) is 13.0 Å². The van der Waals surface area contributed by atoms with Crippen LogP contribution in [0.25, 0.3) is 0 Å². The van der Waals surface area contributed by atoms with Crippen LogP contribution in [0.3, 0.4) is 0 Å². The van der Waals surface area contributed by atoms with Crippen molar-refractivity contribution in [2.45, 2.75) is 25.9 Å². The van der Waals surface area contributed by atoms with Crippen molar-refractivity contribution in [1.29, 1.82) is 0 Å². The Kier molecular flexibility index (Phi) is 3.50. The molecule has 0 saturated heterocycles. The largest absolute Gasteiger partial charge is 0.489 e. The Morgan fingerprint density at radius 2 is 1.95 bits per heavy atom. The molecule has 2 aromatic rings. The molecule has 3 heteroatoms. The van der Waals surface area contributed by atoms with E-state index in [4.69, 9.17) is 4.74 Å². The lowest BCUT2D eigenvalue weighted by Crippen LogP contribution is -2.11. The lowest BCUT2D eigenvalue weighted by Gasteiger charge is -2.16. The van der Waals surface area contributed by atoms with Gasteiger partial charge in [-0.05, 0) is 36.6 Å². The summed E-state index contributed by atoms with van der Waals surface area (Å²) in [6.45, 7) is 0.166. The van der Waals surface area contributed by atoms with Crippen LogP contribution in [0.4, 0.5) is 4.39 Å². The second-order valence-corrected chi connectivity index (χ2v) is 4.98. The zero-order chi connectivity index (χ0) is 13.9. The van der Waals surface area contributed by atoms with Gasteiger partial charge in [0.25, 0.3) is 0 Å². The Balaban J connectivity index is 1.77. The summed E-state index contributed by atoms with van der Waals surface area (Å²) in [6.07, 6.45) is 2.46. The molecule has 2 aromatic carbocycles. The second kappa shape index (κ2) is 5.45. The van der Waals surface area contributed by atoms with E-state index in [9.17, 15) is 9.18 Å². The monoisotopic (exact) mass is 270 g/mol. The average Bonchev–Trinajstić information content (AvgIpc) is 2.47. The van der Waals surface area contributed by atoms with Crippen LogP contribution in [0, 0.1) is 5.82 Å². The summed E-state index contributed by atoms with van der Waals surface area (Å²) < 4.78 is 19.1. The minimum absolute atomic E-state index is 0.166. The first-order valence-corrected chi connectivity index (χ1v) is 6.76. The molecule has 0 heterocycles. The first kappa shape index (κ1) is 12.9. The molecule has 1 aliphatic carbocycles. The van der Waals surface area contributed by atoms with Gasteiger partial charge in [0, 0.05) is 17.5 Å². The molecule has 0 N–H and O–H groups in total. The lowest BCUT2D eigenvalue weighted by molar-refractivity contribution is 0.0972. The molecule has 0 saturated carbocycles. The Bertz CT molecular complexity index is 649. The number of Topliss-reactive ketones (excluding diaryl/α,β-unsaturated/α-hetero) is 1. The minimum Gasteiger partial charge on any atom is -0.489 e. The topological polar surface area (TPSA) is 26.3 Å². The normalized spacial score (nSPS) is 13.9. The first-order chi connectivity index (χ1) is 9.74. The molecule has 20 heavy (non-hydrogen) atoms. The standard InChI is InChI=1S/C17H15FO2/c18-16-6-2-1-4-13(16)11-20-14-9-8-12-5-3-7-17(19)15(12)10-14/h1-2,4,6,8-10H,3,5,7,11H2. The van der Waals surface area contributed by atoms with Gasteiger partial charge in [0.2, 0.25) is 0 Å². The molecule has 1 aliphatic rings. The van der Waals surface area contributed by atoms with Gasteiger partial charge in [-0.1, -0.05) is 24.3 Å². The summed E-state index contributed by atoms with van der Waals surface area (Å²) in [5.74, 6) is 0.506. The molecule has 0 atom stereocenters. The third kappa shape index (κ3) is 2.57. The van der Waals surface area contributed by atoms with Gasteiger partial charge in [0.05, 0.1) is 0 Å². The van der Waals surface area contributed by atoms with Crippen molar-refractivity contribution in [3.05, 3.63) is 65.0 Å². The van der Waals surface area contributed by atoms with E-state index in [2.05, 4.69) is 0 Å². The number of halogens is 1. The summed E-state index contributed by atoms with van der Waals surface area (Å²) in [6, 6.07) is 12.1. The van der Waals surface area contributed by atoms with E-state index in [0.29, 0.717) is 17.7 Å². The number of fused-ring (bicyclic) bond motifs is 1. The highest BCUT2D eigenvalue weighted by atomic mass is 19.1. The molecular weight excluding hydrogens is 255 g/mol. The van der Waals surface area contributed by atoms with Crippen LogP contribution < -0.4 is 4.74 Å². The number of aryl methyl sites for hydroxylation is 1. The predicted octanol–water partition coefficient (Wildman–Crippen LogP) is 3.92. The molecule has 0 fully saturated rings. The third-order valence-corrected chi connectivity index (χ3v) is 3.58. The van der Waals surface area contributed by atoms with Crippen molar-refractivity contribution >= 4 is 5.78 Å². The Labute approximate surface area is 117 Å². The number of carbonyl (C=O) groups is 1. The summed E-state index contributed by atoms with van der Waals surface area (Å²) in [4.78, 5) is 11.9. The summed E-state index contributed by atoms with van der Waals surface area (Å²) in [5, 5.41) is 0. The van der Waals surface area contributed by atoms with Gasteiger partial charge in [-0.3, -0.25) is 4.79 Å². The van der Waals surface area contributed by atoms with Gasteiger partial charge in [-0.2, -0.15) is 0 Å². The Hall–Kier alpha value is -2.16. The SMILES string of the molecule is O=C1CCCc2ccc(OCc3ccccc3F)cc21. The molecular formula is C17H15FO2. The van der Waals surface area contributed by atoms with Crippen molar-refractivity contribution in [1.82, 2.24) is 0 Å². The van der Waals surface area contributed by atoms with Crippen molar-refractivity contribution in [3.8, 4) is 5.75 Å². The smallest absolute Gasteiger partial charge is 0.163 e. The number of hydrogen-bond donors (Lipinski definition) is 0. The summed E-state index contributed by atoms with van der Waals surface area (Å²) in [5.41, 5.74) is 2.35. The van der Waals surface area contributed by atoms with Crippen molar-refractivity contribution < 1.29 is 13.9 Å². The van der Waals surface area contributed by atoms with Gasteiger partial charge >= 0.3 is 0 Å². The van der Waals surface area contributed by atoms with E-state index in [1.807, 2.05) is 12.1 Å². The molecule has 2 nitrogen and oxygen atoms in total. The van der Waals surface area contributed by atoms with Crippen molar-refractivity contribution in [2.24, 2.45) is 0 Å². The molecule has 0 spiro atoms. The highest BCUT2D eigenvalue weighted by Crippen LogP contribution is 2.26. The molecule has 3 rings (SSSR count). The van der Waals surface area contributed by atoms with Crippen LogP contribution in [0.5, 0.6) is 5.75 Å². The zero-order valence-electron chi connectivity index (χ0n) is 11.1. The van der Waals surface area contributed by atoms with Crippen molar-refractivity contribution in [3.63, 3.8) is 0 Å². The van der Waals surface area contributed by atoms with Gasteiger partial charge in [-0.15, -0.1) is 0 Å². The molecule has 0 unspecified atom stereocenters. The van der Waals surface area contributed by atoms with Crippen LogP contribution >= 0.6 is 0 Å². The fraction of sp³-hybridized carbons (Fsp3) is 0.235. The maximum absolute atomic E-state index is 13.5. The molecule has 102 valence electrons. The van der Waals surface area contributed by atoms with E-state index in [-0.39, 0.29) is 18.2 Å². The average molecular weight is 270 g/mol. The maximum Gasteiger partial charge on any atom is 0.163 e. The quantitative estimate of drug-likeness (QED) is 0.844. The summed E-state index contributed by atoms with van der Waals surface area (Å²) >= 11 is 0. The van der Waals surface area contributed by atoms with E-state index >= 15 is 0 Å². The first-order valence-electron chi connectivity index (χ1n) is 6.76. The molecule has 0 radical (unpaired) electrons. The minimum atomic E-state index is -0.276. The predicted molar refractivity (Wildman–Crippen MR) is 74.4 cm³/mol. The van der Waals surface area contributed by atoms with Gasteiger partial charge in [-0.25, -0.2) is 4.39 Å². The van der Waals surface area contributed by atoms with Crippen molar-refractivity contribution in [2.75, 3.05) is 0 Å². The Morgan fingerprint density at radius 3 is 2.80 bits per heavy atom. The highest BCUT2D eigenvalue weighted by molar-refractivity contribution is 5.98. The maximum atomic E-state index is 13.5. The number of ether oxygens (including phenoxy) is 1. The number of ketones is 1. The fourth-order valence-corrected chi connectivity index (χ4v) is 2.47. The molecule has 0 amide bonds. The number of rotatable bonds is 3. The highest BCUT2D eigenvalue weighted by Gasteiger charge is 2.17. The number of benzene rings is 2. The van der Waals surface area contributed by atoms with E-state index < -0.39 is 0 Å². The van der Waals surface area contributed by atoms with Crippen LogP contribution in [-0.4, -0.2) is 5.78 Å². The lowest BCUT2D eigenvalue weighted by atomic mass is 9.90. The molecule has 0 bridgehead atoms. The zero-order valence-corrected chi connectivity index (χ0v) is 11.1. The van der Waals surface area contributed by atoms with E-state index in [1.54, 1.807) is 24.3 Å². The Morgan fingerprint density at radius 1 is 1.10 bits per heavy atom. The summed E-state index contributed by atoms with van der Waals surface area (Å²) in [7, 11) is 0. The van der Waals surface area contributed by atoms with Gasteiger partial charge < -0.3 is 4.74 Å². The van der Waals surface area contributed by atoms with Crippen LogP contribution in [0.15, 0.2) is 42.5 Å². The van der Waals surface area contributed by atoms with Gasteiger partial charge in [0.15, 0.2) is 5.78 Å². The van der Waals surface area contributed by atoms with Crippen LogP contribution in [0.2, 0.25) is 0 Å². The number of carbonyl (C=O) groups excluding carboxylic acids is 1. The number of hydrogen-bond acceptors (Lipinski definition) is 2. The van der Waals surface area contributed by atoms with E-state index in [0.717, 1.165) is 24.0 Å². The molecule has 0 aliphatic heterocycles.